The van der Waals surface area contributed by atoms with Gasteiger partial charge in [0, 0.05) is 0 Å². The molecule has 4 aromatic carbocycles. The number of hydrogen-bond acceptors (Lipinski definition) is 0. The predicted octanol–water partition coefficient (Wildman–Crippen LogP) is 10.6. The van der Waals surface area contributed by atoms with E-state index in [1.54, 1.807) is 11.1 Å². The third-order valence-corrected chi connectivity index (χ3v) is 19.9. The zero-order chi connectivity index (χ0) is 24.8. The van der Waals surface area contributed by atoms with Gasteiger partial charge in [-0.05, 0) is 37.5 Å². The molecule has 0 atom stereocenters. The number of halogens is 2. The van der Waals surface area contributed by atoms with Gasteiger partial charge in [0.2, 0.25) is 0 Å². The summed E-state index contributed by atoms with van der Waals surface area (Å²) in [6.07, 6.45) is 10.5. The number of aryl methyl sites for hydroxylation is 2. The van der Waals surface area contributed by atoms with Gasteiger partial charge in [0.05, 0.1) is 0 Å². The molecule has 0 N–H and O–H groups in total. The van der Waals surface area contributed by atoms with Crippen molar-refractivity contribution in [1.29, 1.82) is 0 Å². The van der Waals surface area contributed by atoms with Crippen LogP contribution in [0.5, 0.6) is 0 Å². The molecule has 0 spiro atoms. The largest absolute Gasteiger partial charge is 0.165 e. The molecule has 0 saturated heterocycles. The first-order chi connectivity index (χ1) is 17.0. The molecule has 0 unspecified atom stereocenters. The van der Waals surface area contributed by atoms with E-state index in [1.165, 1.54) is 83.7 Å². The summed E-state index contributed by atoms with van der Waals surface area (Å²) in [6.45, 7) is 6.57. The van der Waals surface area contributed by atoms with E-state index >= 15 is 0 Å². The number of benzene rings is 2. The second-order valence-corrected chi connectivity index (χ2v) is 33.8. The Morgan fingerprint density at radius 1 is 0.800 bits per heavy atom. The Morgan fingerprint density at radius 3 is 1.69 bits per heavy atom. The van der Waals surface area contributed by atoms with E-state index in [9.17, 15) is 0 Å². The molecule has 1 radical (unpaired) electrons. The fourth-order valence-corrected chi connectivity index (χ4v) is 14.1. The van der Waals surface area contributed by atoms with Crippen LogP contribution in [0.25, 0.3) is 21.5 Å². The molecule has 4 heteroatoms. The maximum absolute atomic E-state index is 5.75. The van der Waals surface area contributed by atoms with Gasteiger partial charge in [-0.1, -0.05) is 37.1 Å². The molecule has 0 aromatic heterocycles. The number of hydrogen-bond donors (Lipinski definition) is 0. The first-order valence-corrected chi connectivity index (χ1v) is 28.7. The molecule has 2 aliphatic rings. The van der Waals surface area contributed by atoms with Gasteiger partial charge in [-0.25, -0.2) is 0 Å². The first-order valence-electron chi connectivity index (χ1n) is 13.2. The molecule has 0 heterocycles. The zero-order valence-corrected chi connectivity index (χ0v) is 27.4. The summed E-state index contributed by atoms with van der Waals surface area (Å²) in [5, 5.41) is 5.81. The summed E-state index contributed by atoms with van der Waals surface area (Å²) in [5.74, 6) is 1.73. The van der Waals surface area contributed by atoms with Gasteiger partial charge in [0.1, 0.15) is 0 Å². The van der Waals surface area contributed by atoms with Crippen LogP contribution in [-0.2, 0) is 17.7 Å². The van der Waals surface area contributed by atoms with Crippen LogP contribution in [0.15, 0.2) is 60.7 Å². The fraction of sp³-hybridized carbons (Fsp3) is 0.419. The van der Waals surface area contributed by atoms with Crippen molar-refractivity contribution < 1.29 is 17.7 Å². The fourth-order valence-electron chi connectivity index (χ4n) is 4.88. The minimum absolute atomic E-state index is 0.866. The van der Waals surface area contributed by atoms with Crippen LogP contribution in [0, 0.1) is 13.8 Å². The van der Waals surface area contributed by atoms with Crippen molar-refractivity contribution in [3.8, 4) is 0 Å². The first kappa shape index (κ1) is 27.4. The molecule has 0 amide bonds. The van der Waals surface area contributed by atoms with Crippen molar-refractivity contribution in [2.45, 2.75) is 83.6 Å². The maximum atomic E-state index is 5.75. The molecule has 4 aromatic rings. The third-order valence-electron chi connectivity index (χ3n) is 6.93. The van der Waals surface area contributed by atoms with Crippen molar-refractivity contribution in [2.24, 2.45) is 0 Å². The summed E-state index contributed by atoms with van der Waals surface area (Å²) < 4.78 is 0. The van der Waals surface area contributed by atoms with E-state index in [4.69, 9.17) is 17.2 Å². The summed E-state index contributed by atoms with van der Waals surface area (Å²) >= 11 is -1.84. The van der Waals surface area contributed by atoms with E-state index in [-0.39, 0.29) is 0 Å². The minimum Gasteiger partial charge on any atom is -0.165 e. The van der Waals surface area contributed by atoms with Crippen LogP contribution < -0.4 is 0 Å². The Kier molecular flexibility index (Phi) is 10.3. The maximum Gasteiger partial charge on any atom is -0.0251 e. The van der Waals surface area contributed by atoms with Crippen LogP contribution >= 0.6 is 17.2 Å². The molecule has 0 aliphatic heterocycles. The summed E-state index contributed by atoms with van der Waals surface area (Å²) in [4.78, 5) is 0. The quantitative estimate of drug-likeness (QED) is 0.108. The van der Waals surface area contributed by atoms with Crippen molar-refractivity contribution >= 4 is 44.9 Å². The smallest absolute Gasteiger partial charge is 0.0251 e. The Labute approximate surface area is 227 Å². The number of fused-ring (bicyclic) bond motifs is 2. The van der Waals surface area contributed by atoms with Crippen LogP contribution in [0.2, 0.25) is 6.04 Å². The molecule has 0 bridgehead atoms. The van der Waals surface area contributed by atoms with Crippen LogP contribution in [0.1, 0.15) is 86.0 Å². The molecular formula is C31H37Cl2HfSi-2. The Hall–Kier alpha value is -0.673. The van der Waals surface area contributed by atoms with E-state index in [0.717, 1.165) is 18.1 Å². The number of unbranched alkanes of at least 4 members (excludes halogenated alkanes) is 2. The molecule has 2 saturated carbocycles. The van der Waals surface area contributed by atoms with Crippen LogP contribution in [0.4, 0.5) is 0 Å². The van der Waals surface area contributed by atoms with Gasteiger partial charge in [-0.3, -0.25) is 0 Å². The standard InChI is InChI=1S/2C13H13.C5H11Si.2ClH.Hf/c2*1-9-7-11-3-2-4-12(10-5-6-10)13(11)8-9;1-2-3-4-5-6;;;/h2*2-4,7-8,10H,5-6H2,1H3;2-5H2,1H3;2*1H;/q2*-1;;;;+2/p-2. The monoisotopic (exact) mass is 687 g/mol. The Balaban J connectivity index is 0.000000127. The summed E-state index contributed by atoms with van der Waals surface area (Å²) in [6, 6.07) is 23.9. The number of rotatable bonds is 6. The average molecular weight is 687 g/mol. The SMILES string of the molecule is CCCCC[Si]=[Hf]([Cl])[Cl].Cc1cc2c(C3CC3)cccc2[cH-]1.Cc1cc2c(C3CC3)cccc2[cH-]1. The molecule has 185 valence electrons. The normalized spacial score (nSPS) is 14.8. The molecule has 35 heavy (non-hydrogen) atoms. The van der Waals surface area contributed by atoms with Crippen molar-refractivity contribution in [3.05, 3.63) is 82.9 Å². The molecule has 0 nitrogen and oxygen atoms in total. The van der Waals surface area contributed by atoms with Crippen molar-refractivity contribution in [1.82, 2.24) is 0 Å². The van der Waals surface area contributed by atoms with Gasteiger partial charge >= 0.3 is 73.3 Å². The van der Waals surface area contributed by atoms with Crippen LogP contribution in [-0.4, -0.2) is 6.22 Å². The molecule has 6 rings (SSSR count). The van der Waals surface area contributed by atoms with Gasteiger partial charge < -0.3 is 0 Å². The van der Waals surface area contributed by atoms with E-state index < -0.39 is 17.7 Å². The summed E-state index contributed by atoms with van der Waals surface area (Å²) in [5.41, 5.74) is 5.93. The van der Waals surface area contributed by atoms with Crippen LogP contribution in [0.3, 0.4) is 0 Å². The topological polar surface area (TPSA) is 0 Å². The van der Waals surface area contributed by atoms with Crippen molar-refractivity contribution in [2.75, 3.05) is 0 Å². The average Bonchev–Trinajstić information content (AvgIpc) is 3.75. The Bertz CT molecular complexity index is 1180. The van der Waals surface area contributed by atoms with Gasteiger partial charge in [-0.15, -0.1) is 69.1 Å². The molecule has 2 aliphatic carbocycles. The molecular weight excluding hydrogens is 650 g/mol. The van der Waals surface area contributed by atoms with E-state index in [1.807, 2.05) is 0 Å². The van der Waals surface area contributed by atoms with Crippen molar-refractivity contribution in [3.63, 3.8) is 0 Å². The molecule has 2 fully saturated rings. The van der Waals surface area contributed by atoms with E-state index in [0.29, 0.717) is 0 Å². The van der Waals surface area contributed by atoms with E-state index in [2.05, 4.69) is 81.4 Å². The van der Waals surface area contributed by atoms with Gasteiger partial charge in [0.15, 0.2) is 0 Å². The second-order valence-electron chi connectivity index (χ2n) is 10.2. The Morgan fingerprint density at radius 2 is 1.29 bits per heavy atom. The second kappa shape index (κ2) is 13.2. The van der Waals surface area contributed by atoms with Gasteiger partial charge in [-0.2, -0.15) is 12.1 Å². The third kappa shape index (κ3) is 8.16. The minimum atomic E-state index is -1.84. The summed E-state index contributed by atoms with van der Waals surface area (Å²) in [7, 11) is 11.5. The zero-order valence-electron chi connectivity index (χ0n) is 21.3. The van der Waals surface area contributed by atoms with Gasteiger partial charge in [0.25, 0.3) is 0 Å². The predicted molar refractivity (Wildman–Crippen MR) is 154 cm³/mol.